The minimum Gasteiger partial charge on any atom is -0.508 e. The Morgan fingerprint density at radius 1 is 1.57 bits per heavy atom. The maximum Gasteiger partial charge on any atom is 0.177 e. The van der Waals surface area contributed by atoms with E-state index in [2.05, 4.69) is 21.2 Å². The number of likely N-dealkylation sites (N-methyl/N-ethyl adjacent to an activating group) is 1. The molecule has 0 saturated carbocycles. The fourth-order valence-electron chi connectivity index (χ4n) is 1.21. The van der Waals surface area contributed by atoms with Crippen molar-refractivity contribution in [3.05, 3.63) is 27.7 Å². The number of hydrogen-bond donors (Lipinski definition) is 2. The van der Waals surface area contributed by atoms with Crippen LogP contribution in [0.5, 0.6) is 5.75 Å². The Labute approximate surface area is 91.3 Å². The summed E-state index contributed by atoms with van der Waals surface area (Å²) in [6.07, 6.45) is 0. The second-order valence-electron chi connectivity index (χ2n) is 3.08. The molecule has 2 N–H and O–H groups in total. The third-order valence-electron chi connectivity index (χ3n) is 1.88. The summed E-state index contributed by atoms with van der Waals surface area (Å²) in [5.74, 6) is 0.0727. The van der Waals surface area contributed by atoms with Crippen LogP contribution in [-0.4, -0.2) is 24.5 Å². The summed E-state index contributed by atoms with van der Waals surface area (Å²) in [6.45, 7) is 2.10. The van der Waals surface area contributed by atoms with E-state index in [1.807, 2.05) is 6.92 Å². The molecule has 0 spiro atoms. The van der Waals surface area contributed by atoms with Crippen LogP contribution in [-0.2, 0) is 0 Å². The van der Waals surface area contributed by atoms with Crippen LogP contribution >= 0.6 is 15.9 Å². The zero-order valence-electron chi connectivity index (χ0n) is 8.10. The largest absolute Gasteiger partial charge is 0.508 e. The molecule has 14 heavy (non-hydrogen) atoms. The van der Waals surface area contributed by atoms with Crippen molar-refractivity contribution in [1.82, 2.24) is 5.32 Å². The van der Waals surface area contributed by atoms with Gasteiger partial charge >= 0.3 is 0 Å². The molecule has 0 aliphatic rings. The lowest BCUT2D eigenvalue weighted by atomic mass is 10.1. The summed E-state index contributed by atoms with van der Waals surface area (Å²) in [7, 11) is 1.71. The van der Waals surface area contributed by atoms with Crippen LogP contribution in [0.25, 0.3) is 0 Å². The molecule has 1 aromatic carbocycles. The number of rotatable bonds is 3. The molecule has 4 heteroatoms. The highest BCUT2D eigenvalue weighted by molar-refractivity contribution is 9.10. The monoisotopic (exact) mass is 257 g/mol. The summed E-state index contributed by atoms with van der Waals surface area (Å²) in [4.78, 5) is 11.6. The Balaban J connectivity index is 3.13. The first kappa shape index (κ1) is 11.2. The van der Waals surface area contributed by atoms with Gasteiger partial charge in [0.2, 0.25) is 0 Å². The Kier molecular flexibility index (Phi) is 3.66. The molecule has 0 atom stereocenters. The van der Waals surface area contributed by atoms with Crippen molar-refractivity contribution < 1.29 is 9.90 Å². The van der Waals surface area contributed by atoms with Crippen LogP contribution in [0, 0.1) is 6.92 Å². The average molecular weight is 258 g/mol. The lowest BCUT2D eigenvalue weighted by Gasteiger charge is -2.06. The quantitative estimate of drug-likeness (QED) is 0.813. The van der Waals surface area contributed by atoms with E-state index in [9.17, 15) is 9.90 Å². The van der Waals surface area contributed by atoms with Crippen LogP contribution < -0.4 is 5.32 Å². The summed E-state index contributed by atoms with van der Waals surface area (Å²) in [6, 6.07) is 3.08. The highest BCUT2D eigenvalue weighted by Crippen LogP contribution is 2.26. The molecular formula is C10H12BrNO2. The molecule has 0 fully saturated rings. The number of aryl methyl sites for hydroxylation is 1. The van der Waals surface area contributed by atoms with Gasteiger partial charge in [0.1, 0.15) is 5.75 Å². The third-order valence-corrected chi connectivity index (χ3v) is 2.93. The van der Waals surface area contributed by atoms with Gasteiger partial charge in [-0.3, -0.25) is 4.79 Å². The first-order chi connectivity index (χ1) is 6.56. The van der Waals surface area contributed by atoms with Gasteiger partial charge in [0.15, 0.2) is 5.78 Å². The van der Waals surface area contributed by atoms with Crippen molar-refractivity contribution in [2.45, 2.75) is 6.92 Å². The fraction of sp³-hybridized carbons (Fsp3) is 0.300. The van der Waals surface area contributed by atoms with Crippen LogP contribution in [0.4, 0.5) is 0 Å². The third kappa shape index (κ3) is 2.33. The molecule has 0 bridgehead atoms. The van der Waals surface area contributed by atoms with Crippen molar-refractivity contribution in [1.29, 1.82) is 0 Å². The molecule has 0 aliphatic heterocycles. The van der Waals surface area contributed by atoms with Crippen LogP contribution in [0.3, 0.4) is 0 Å². The average Bonchev–Trinajstić information content (AvgIpc) is 2.11. The van der Waals surface area contributed by atoms with Gasteiger partial charge in [-0.05, 0) is 47.6 Å². The topological polar surface area (TPSA) is 49.3 Å². The standard InChI is InChI=1S/C10H12BrNO2/c1-6-3-7(13)4-8(10(6)11)9(14)5-12-2/h3-4,12-13H,5H2,1-2H3. The number of benzene rings is 1. The molecule has 0 saturated heterocycles. The Bertz CT molecular complexity index is 363. The van der Waals surface area contributed by atoms with Gasteiger partial charge < -0.3 is 10.4 Å². The first-order valence-electron chi connectivity index (χ1n) is 4.23. The zero-order valence-corrected chi connectivity index (χ0v) is 9.68. The molecule has 0 amide bonds. The predicted octanol–water partition coefficient (Wildman–Crippen LogP) is 1.87. The van der Waals surface area contributed by atoms with Crippen molar-refractivity contribution >= 4 is 21.7 Å². The predicted molar refractivity (Wildman–Crippen MR) is 58.8 cm³/mol. The van der Waals surface area contributed by atoms with E-state index in [1.165, 1.54) is 6.07 Å². The molecule has 3 nitrogen and oxygen atoms in total. The van der Waals surface area contributed by atoms with E-state index in [0.29, 0.717) is 5.56 Å². The number of Topliss-reactive ketones (excluding diaryl/α,β-unsaturated/α-hetero) is 1. The number of phenols is 1. The Hall–Kier alpha value is -0.870. The Morgan fingerprint density at radius 3 is 2.79 bits per heavy atom. The number of ketones is 1. The number of carbonyl (C=O) groups excluding carboxylic acids is 1. The van der Waals surface area contributed by atoms with Crippen molar-refractivity contribution in [3.63, 3.8) is 0 Å². The van der Waals surface area contributed by atoms with Gasteiger partial charge in [-0.1, -0.05) is 0 Å². The zero-order chi connectivity index (χ0) is 10.7. The highest BCUT2D eigenvalue weighted by Gasteiger charge is 2.12. The summed E-state index contributed by atoms with van der Waals surface area (Å²) in [5.41, 5.74) is 1.36. The van der Waals surface area contributed by atoms with Gasteiger partial charge in [0.05, 0.1) is 6.54 Å². The normalized spacial score (nSPS) is 10.2. The number of halogens is 1. The van der Waals surface area contributed by atoms with Crippen molar-refractivity contribution in [3.8, 4) is 5.75 Å². The van der Waals surface area contributed by atoms with E-state index < -0.39 is 0 Å². The second kappa shape index (κ2) is 4.57. The Morgan fingerprint density at radius 2 is 2.21 bits per heavy atom. The van der Waals surface area contributed by atoms with Gasteiger partial charge in [0, 0.05) is 10.0 Å². The molecule has 76 valence electrons. The van der Waals surface area contributed by atoms with E-state index in [0.717, 1.165) is 10.0 Å². The number of hydrogen-bond acceptors (Lipinski definition) is 3. The smallest absolute Gasteiger partial charge is 0.177 e. The lowest BCUT2D eigenvalue weighted by molar-refractivity contribution is 0.0992. The molecule has 0 aliphatic carbocycles. The van der Waals surface area contributed by atoms with Gasteiger partial charge in [0.25, 0.3) is 0 Å². The highest BCUT2D eigenvalue weighted by atomic mass is 79.9. The number of nitrogens with one attached hydrogen (secondary N) is 1. The van der Waals surface area contributed by atoms with E-state index in [1.54, 1.807) is 13.1 Å². The van der Waals surface area contributed by atoms with Gasteiger partial charge in [-0.25, -0.2) is 0 Å². The maximum atomic E-state index is 11.6. The summed E-state index contributed by atoms with van der Waals surface area (Å²) >= 11 is 3.33. The van der Waals surface area contributed by atoms with Crippen molar-refractivity contribution in [2.24, 2.45) is 0 Å². The van der Waals surface area contributed by atoms with Gasteiger partial charge in [-0.15, -0.1) is 0 Å². The molecular weight excluding hydrogens is 246 g/mol. The van der Waals surface area contributed by atoms with E-state index in [4.69, 9.17) is 0 Å². The number of phenolic OH excluding ortho intramolecular Hbond substituents is 1. The van der Waals surface area contributed by atoms with Crippen LogP contribution in [0.1, 0.15) is 15.9 Å². The molecule has 0 unspecified atom stereocenters. The molecule has 1 aromatic rings. The first-order valence-corrected chi connectivity index (χ1v) is 5.02. The fourth-order valence-corrected chi connectivity index (χ4v) is 1.66. The van der Waals surface area contributed by atoms with E-state index in [-0.39, 0.29) is 18.1 Å². The molecule has 1 rings (SSSR count). The minimum atomic E-state index is -0.0432. The molecule has 0 aromatic heterocycles. The number of carbonyl (C=O) groups is 1. The molecule has 0 heterocycles. The summed E-state index contributed by atoms with van der Waals surface area (Å²) < 4.78 is 0.746. The SMILES string of the molecule is CNCC(=O)c1cc(O)cc(C)c1Br. The maximum absolute atomic E-state index is 11.6. The minimum absolute atomic E-state index is 0.0432. The second-order valence-corrected chi connectivity index (χ2v) is 3.87. The molecule has 0 radical (unpaired) electrons. The van der Waals surface area contributed by atoms with Crippen LogP contribution in [0.15, 0.2) is 16.6 Å². The van der Waals surface area contributed by atoms with Crippen LogP contribution in [0.2, 0.25) is 0 Å². The van der Waals surface area contributed by atoms with Crippen molar-refractivity contribution in [2.75, 3.05) is 13.6 Å². The number of aromatic hydroxyl groups is 1. The van der Waals surface area contributed by atoms with Gasteiger partial charge in [-0.2, -0.15) is 0 Å². The summed E-state index contributed by atoms with van der Waals surface area (Å²) in [5, 5.41) is 12.1. The lowest BCUT2D eigenvalue weighted by Crippen LogP contribution is -2.19. The van der Waals surface area contributed by atoms with E-state index >= 15 is 0 Å².